The minimum Gasteiger partial charge on any atom is -0.458 e. The molecule has 13 heteroatoms. The molecule has 1 saturated carbocycles. The van der Waals surface area contributed by atoms with Crippen LogP contribution in [0.5, 0.6) is 0 Å². The Kier molecular flexibility index (Phi) is 11.0. The average Bonchev–Trinajstić information content (AvgIpc) is 3.43. The molecule has 4 heterocycles. The van der Waals surface area contributed by atoms with Crippen molar-refractivity contribution in [1.29, 1.82) is 0 Å². The number of fused-ring (bicyclic) bond motifs is 4. The van der Waals surface area contributed by atoms with Crippen LogP contribution in [0.15, 0.2) is 60.7 Å². The number of nitrogens with zero attached hydrogens (tertiary/aromatic N) is 2. The van der Waals surface area contributed by atoms with Crippen LogP contribution in [-0.4, -0.2) is 111 Å². The van der Waals surface area contributed by atoms with E-state index in [-0.39, 0.29) is 72.5 Å². The minimum absolute atomic E-state index is 0.0213. The third-order valence-electron chi connectivity index (χ3n) is 11.3. The average molecular weight is 701 g/mol. The maximum atomic E-state index is 12.3. The Hall–Kier alpha value is -2.67. The number of rotatable bonds is 8. The molecule has 8 atom stereocenters. The number of hydrogen-bond donors (Lipinski definition) is 3. The zero-order valence-electron chi connectivity index (χ0n) is 28.5. The van der Waals surface area contributed by atoms with Crippen LogP contribution in [0.25, 0.3) is 0 Å². The van der Waals surface area contributed by atoms with Crippen molar-refractivity contribution in [3.63, 3.8) is 0 Å². The van der Waals surface area contributed by atoms with Crippen molar-refractivity contribution in [3.05, 3.63) is 71.8 Å². The number of piperidine rings is 2. The van der Waals surface area contributed by atoms with Crippen LogP contribution < -0.4 is 0 Å². The van der Waals surface area contributed by atoms with Gasteiger partial charge in [-0.1, -0.05) is 60.7 Å². The van der Waals surface area contributed by atoms with Crippen molar-refractivity contribution in [1.82, 2.24) is 9.80 Å². The van der Waals surface area contributed by atoms with Crippen molar-refractivity contribution in [3.8, 4) is 0 Å². The number of phosphoric acid groups is 1. The van der Waals surface area contributed by atoms with E-state index in [4.69, 9.17) is 38.2 Å². The lowest BCUT2D eigenvalue weighted by atomic mass is 9.62. The Bertz CT molecular complexity index is 1380. The molecule has 4 aliphatic heterocycles. The van der Waals surface area contributed by atoms with Gasteiger partial charge in [-0.15, -0.1) is 0 Å². The molecule has 268 valence electrons. The first-order valence-corrected chi connectivity index (χ1v) is 18.8. The zero-order chi connectivity index (χ0) is 35.0. The molecular formula is C36H49N2O10P. The quantitative estimate of drug-likeness (QED) is 0.272. The molecule has 5 fully saturated rings. The highest BCUT2D eigenvalue weighted by Crippen LogP contribution is 2.54. The summed E-state index contributed by atoms with van der Waals surface area (Å²) in [6.45, 7) is 3.00. The molecule has 3 N–H and O–H groups in total. The summed E-state index contributed by atoms with van der Waals surface area (Å²) in [4.78, 5) is 50.9. The first-order valence-electron chi connectivity index (χ1n) is 17.3. The lowest BCUT2D eigenvalue weighted by Crippen LogP contribution is -2.62. The number of esters is 2. The Morgan fingerprint density at radius 1 is 0.633 bits per heavy atom. The number of hydrogen-bond acceptors (Lipinski definition) is 9. The third-order valence-corrected chi connectivity index (χ3v) is 11.3. The number of carbonyl (C=O) groups is 2. The zero-order valence-corrected chi connectivity index (χ0v) is 29.4. The van der Waals surface area contributed by atoms with Crippen LogP contribution in [0.3, 0.4) is 0 Å². The molecule has 0 spiro atoms. The van der Waals surface area contributed by atoms with E-state index in [1.165, 1.54) is 25.0 Å². The van der Waals surface area contributed by atoms with E-state index < -0.39 is 7.82 Å². The van der Waals surface area contributed by atoms with E-state index >= 15 is 0 Å². The molecule has 2 aromatic rings. The molecule has 8 unspecified atom stereocenters. The van der Waals surface area contributed by atoms with Crippen molar-refractivity contribution in [2.45, 2.75) is 125 Å². The highest BCUT2D eigenvalue weighted by Gasteiger charge is 2.59. The van der Waals surface area contributed by atoms with Gasteiger partial charge in [-0.05, 0) is 63.7 Å². The first kappa shape index (κ1) is 36.1. The molecule has 0 aromatic heterocycles. The number of likely N-dealkylation sites (N-methyl/N-ethyl adjacent to an activating group) is 2. The molecular weight excluding hydrogens is 651 g/mol. The lowest BCUT2D eigenvalue weighted by molar-refractivity contribution is -0.231. The van der Waals surface area contributed by atoms with Gasteiger partial charge in [0.2, 0.25) is 0 Å². The van der Waals surface area contributed by atoms with Crippen LogP contribution in [-0.2, 0) is 33.1 Å². The second kappa shape index (κ2) is 14.9. The van der Waals surface area contributed by atoms with E-state index in [9.17, 15) is 9.59 Å². The maximum absolute atomic E-state index is 12.3. The van der Waals surface area contributed by atoms with Gasteiger partial charge in [-0.3, -0.25) is 19.4 Å². The topological polar surface area (TPSA) is 155 Å². The van der Waals surface area contributed by atoms with E-state index in [1.807, 2.05) is 12.1 Å². The summed E-state index contributed by atoms with van der Waals surface area (Å²) in [6, 6.07) is 22.2. The molecule has 5 aliphatic rings. The highest BCUT2D eigenvalue weighted by molar-refractivity contribution is 7.45. The summed E-state index contributed by atoms with van der Waals surface area (Å²) < 4.78 is 35.3. The van der Waals surface area contributed by atoms with E-state index in [0.29, 0.717) is 12.1 Å². The van der Waals surface area contributed by atoms with Crippen LogP contribution in [0.2, 0.25) is 0 Å². The maximum Gasteiger partial charge on any atom is 0.466 e. The monoisotopic (exact) mass is 700 g/mol. The summed E-state index contributed by atoms with van der Waals surface area (Å²) in [5.74, 6) is -0.562. The summed E-state index contributed by atoms with van der Waals surface area (Å²) in [5, 5.41) is 0. The Balaban J connectivity index is 0.000000778. The molecule has 0 amide bonds. The summed E-state index contributed by atoms with van der Waals surface area (Å²) in [5.41, 5.74) is 2.35. The fourth-order valence-electron chi connectivity index (χ4n) is 9.23. The molecule has 1 aliphatic carbocycles. The van der Waals surface area contributed by atoms with Gasteiger partial charge in [-0.2, -0.15) is 0 Å². The Morgan fingerprint density at radius 2 is 0.980 bits per heavy atom. The largest absolute Gasteiger partial charge is 0.466 e. The summed E-state index contributed by atoms with van der Waals surface area (Å²) in [6.07, 6.45) is 4.57. The van der Waals surface area contributed by atoms with Gasteiger partial charge in [0.1, 0.15) is 12.2 Å². The van der Waals surface area contributed by atoms with E-state index in [2.05, 4.69) is 72.4 Å². The summed E-state index contributed by atoms with van der Waals surface area (Å²) >= 11 is 0. The van der Waals surface area contributed by atoms with E-state index in [1.54, 1.807) is 0 Å². The van der Waals surface area contributed by atoms with Crippen LogP contribution in [0.1, 0.15) is 75.3 Å². The lowest BCUT2D eigenvalue weighted by Gasteiger charge is -2.56. The van der Waals surface area contributed by atoms with Gasteiger partial charge < -0.3 is 33.6 Å². The van der Waals surface area contributed by atoms with Crippen molar-refractivity contribution < 1.29 is 47.8 Å². The fourth-order valence-corrected chi connectivity index (χ4v) is 9.23. The van der Waals surface area contributed by atoms with Gasteiger partial charge in [-0.25, -0.2) is 4.57 Å². The predicted octanol–water partition coefficient (Wildman–Crippen LogP) is 3.74. The first-order chi connectivity index (χ1) is 23.3. The Morgan fingerprint density at radius 3 is 1.31 bits per heavy atom. The number of benzene rings is 2. The van der Waals surface area contributed by atoms with Gasteiger partial charge >= 0.3 is 19.8 Å². The van der Waals surface area contributed by atoms with Gasteiger partial charge in [0.25, 0.3) is 0 Å². The molecule has 4 saturated heterocycles. The Labute approximate surface area is 287 Å². The van der Waals surface area contributed by atoms with Crippen LogP contribution in [0.4, 0.5) is 0 Å². The SMILES string of the molecule is CC(=O)OC1C(OC2C(c3ccccc3)C(OC3CC4CCC(C3OC(C)=O)N4C)C2c2ccccc2)CC2CCC1N2C.O=P(O)(O)O. The highest BCUT2D eigenvalue weighted by atomic mass is 31.2. The third kappa shape index (κ3) is 7.97. The second-order valence-corrected chi connectivity index (χ2v) is 15.2. The molecule has 0 radical (unpaired) electrons. The van der Waals surface area contributed by atoms with Crippen molar-refractivity contribution in [2.75, 3.05) is 14.1 Å². The van der Waals surface area contributed by atoms with Crippen molar-refractivity contribution in [2.24, 2.45) is 0 Å². The molecule has 2 aromatic carbocycles. The van der Waals surface area contributed by atoms with Gasteiger partial charge in [0.15, 0.2) is 0 Å². The number of ether oxygens (including phenoxy) is 4. The van der Waals surface area contributed by atoms with Crippen LogP contribution in [0, 0.1) is 0 Å². The van der Waals surface area contributed by atoms with Crippen LogP contribution >= 0.6 is 7.82 Å². The molecule has 49 heavy (non-hydrogen) atoms. The fraction of sp³-hybridized carbons (Fsp3) is 0.611. The summed E-state index contributed by atoms with van der Waals surface area (Å²) in [7, 11) is -0.341. The predicted molar refractivity (Wildman–Crippen MR) is 179 cm³/mol. The van der Waals surface area contributed by atoms with Crippen molar-refractivity contribution >= 4 is 19.8 Å². The van der Waals surface area contributed by atoms with E-state index in [0.717, 1.165) is 38.5 Å². The standard InChI is InChI=1S/C36H46N2O6.H3O4P/c1-21(39)41-33-27-17-15-25(37(27)3)19-29(33)43-35-31(23-11-7-5-8-12-23)36(32(35)24-13-9-6-10-14-24)44-30-20-26-16-18-28(38(26)4)34(30)42-22(2)40;1-5(2,3)4/h5-14,25-36H,15-20H2,1-4H3;(H3,1,2,3,4). The molecule has 7 rings (SSSR count). The number of carbonyl (C=O) groups excluding carboxylic acids is 2. The smallest absolute Gasteiger partial charge is 0.458 e. The van der Waals surface area contributed by atoms with Gasteiger partial charge in [0, 0.05) is 49.9 Å². The minimum atomic E-state index is -4.64. The van der Waals surface area contributed by atoms with Gasteiger partial charge in [0.05, 0.1) is 24.4 Å². The molecule has 12 nitrogen and oxygen atoms in total. The molecule has 4 bridgehead atoms. The second-order valence-electron chi connectivity index (χ2n) is 14.2. The normalized spacial score (nSPS) is 37.0.